The van der Waals surface area contributed by atoms with E-state index in [9.17, 15) is 4.79 Å². The largest absolute Gasteiger partial charge is 0.339 e. The predicted octanol–water partition coefficient (Wildman–Crippen LogP) is 2.33. The van der Waals surface area contributed by atoms with Gasteiger partial charge in [-0.25, -0.2) is 0 Å². The topological polar surface area (TPSA) is 71.3 Å². The molecule has 3 heterocycles. The summed E-state index contributed by atoms with van der Waals surface area (Å²) in [5, 5.41) is 9.36. The second kappa shape index (κ2) is 7.23. The van der Waals surface area contributed by atoms with E-state index in [0.717, 1.165) is 24.4 Å². The molecule has 1 N–H and O–H groups in total. The number of nitrogens with one attached hydrogen (secondary N) is 1. The molecule has 6 nitrogen and oxygen atoms in total. The van der Waals surface area contributed by atoms with Gasteiger partial charge in [-0.2, -0.15) is 4.98 Å². The van der Waals surface area contributed by atoms with E-state index in [4.69, 9.17) is 4.52 Å². The van der Waals surface area contributed by atoms with Crippen LogP contribution in [0.3, 0.4) is 0 Å². The van der Waals surface area contributed by atoms with Crippen molar-refractivity contribution in [3.63, 3.8) is 0 Å². The number of hydrogen-bond acceptors (Lipinski definition) is 6. The number of rotatable bonds is 5. The number of amides is 1. The van der Waals surface area contributed by atoms with Crippen molar-refractivity contribution < 1.29 is 9.32 Å². The Morgan fingerprint density at radius 3 is 3.17 bits per heavy atom. The molecule has 1 amide bonds. The third-order valence-corrected chi connectivity index (χ3v) is 5.21. The summed E-state index contributed by atoms with van der Waals surface area (Å²) >= 11 is 1.59. The van der Waals surface area contributed by atoms with Crippen LogP contribution in [0.2, 0.25) is 0 Å². The molecule has 1 fully saturated rings. The number of carbonyl (C=O) groups is 1. The highest BCUT2D eigenvalue weighted by molar-refractivity contribution is 7.13. The van der Waals surface area contributed by atoms with Gasteiger partial charge in [0.2, 0.25) is 17.6 Å². The normalized spacial score (nSPS) is 21.6. The van der Waals surface area contributed by atoms with E-state index in [2.05, 4.69) is 29.3 Å². The zero-order valence-corrected chi connectivity index (χ0v) is 14.3. The van der Waals surface area contributed by atoms with Crippen LogP contribution in [0.25, 0.3) is 10.7 Å². The molecule has 2 atom stereocenters. The van der Waals surface area contributed by atoms with Crippen molar-refractivity contribution in [2.75, 3.05) is 13.1 Å². The van der Waals surface area contributed by atoms with E-state index in [1.165, 1.54) is 0 Å². The summed E-state index contributed by atoms with van der Waals surface area (Å²) in [4.78, 5) is 19.7. The van der Waals surface area contributed by atoms with Gasteiger partial charge in [-0.3, -0.25) is 4.79 Å². The second-order valence-electron chi connectivity index (χ2n) is 5.91. The lowest BCUT2D eigenvalue weighted by atomic mass is 10.1. The molecule has 1 saturated heterocycles. The molecule has 2 aromatic heterocycles. The van der Waals surface area contributed by atoms with Crippen molar-refractivity contribution in [2.24, 2.45) is 0 Å². The van der Waals surface area contributed by atoms with Crippen LogP contribution in [0.1, 0.15) is 32.6 Å². The molecule has 7 heteroatoms. The number of thiophene rings is 1. The van der Waals surface area contributed by atoms with E-state index < -0.39 is 0 Å². The molecule has 3 rings (SSSR count). The molecular weight excluding hydrogens is 312 g/mol. The summed E-state index contributed by atoms with van der Waals surface area (Å²) in [7, 11) is 0. The average Bonchev–Trinajstić information content (AvgIpc) is 3.20. The minimum atomic E-state index is 0.212. The molecule has 124 valence electrons. The van der Waals surface area contributed by atoms with Gasteiger partial charge in [0.05, 0.1) is 4.88 Å². The highest BCUT2D eigenvalue weighted by Crippen LogP contribution is 2.21. The molecular formula is C16H22N4O2S. The Bertz CT molecular complexity index is 640. The van der Waals surface area contributed by atoms with Crippen LogP contribution in [-0.2, 0) is 11.2 Å². The van der Waals surface area contributed by atoms with E-state index in [-0.39, 0.29) is 11.9 Å². The fourth-order valence-corrected chi connectivity index (χ4v) is 3.45. The monoisotopic (exact) mass is 334 g/mol. The van der Waals surface area contributed by atoms with Crippen molar-refractivity contribution >= 4 is 17.2 Å². The minimum Gasteiger partial charge on any atom is -0.339 e. The molecule has 0 aliphatic carbocycles. The first kappa shape index (κ1) is 16.1. The van der Waals surface area contributed by atoms with Gasteiger partial charge in [0.1, 0.15) is 0 Å². The Balaban J connectivity index is 1.48. The van der Waals surface area contributed by atoms with Gasteiger partial charge < -0.3 is 14.7 Å². The van der Waals surface area contributed by atoms with E-state index >= 15 is 0 Å². The second-order valence-corrected chi connectivity index (χ2v) is 6.86. The fraction of sp³-hybridized carbons (Fsp3) is 0.562. The van der Waals surface area contributed by atoms with Crippen LogP contribution in [0.4, 0.5) is 0 Å². The molecule has 2 unspecified atom stereocenters. The third kappa shape index (κ3) is 3.79. The lowest BCUT2D eigenvalue weighted by Gasteiger charge is -2.38. The molecule has 0 aromatic carbocycles. The van der Waals surface area contributed by atoms with Crippen LogP contribution in [-0.4, -0.2) is 46.1 Å². The molecule has 2 aromatic rings. The minimum absolute atomic E-state index is 0.212. The summed E-state index contributed by atoms with van der Waals surface area (Å²) in [6.07, 6.45) is 1.89. The maximum Gasteiger partial charge on any atom is 0.226 e. The van der Waals surface area contributed by atoms with Gasteiger partial charge >= 0.3 is 0 Å². The first-order valence-electron chi connectivity index (χ1n) is 8.04. The van der Waals surface area contributed by atoms with Crippen LogP contribution in [0, 0.1) is 0 Å². The zero-order valence-electron chi connectivity index (χ0n) is 13.5. The quantitative estimate of drug-likeness (QED) is 0.909. The van der Waals surface area contributed by atoms with Gasteiger partial charge in [-0.15, -0.1) is 11.3 Å². The maximum absolute atomic E-state index is 12.4. The van der Waals surface area contributed by atoms with Crippen LogP contribution in [0.5, 0.6) is 0 Å². The Morgan fingerprint density at radius 1 is 1.52 bits per heavy atom. The Kier molecular flexibility index (Phi) is 5.07. The van der Waals surface area contributed by atoms with Crippen molar-refractivity contribution in [3.05, 3.63) is 23.4 Å². The van der Waals surface area contributed by atoms with E-state index in [0.29, 0.717) is 30.6 Å². The lowest BCUT2D eigenvalue weighted by molar-refractivity contribution is -0.134. The van der Waals surface area contributed by atoms with E-state index in [1.807, 2.05) is 22.4 Å². The first-order valence-corrected chi connectivity index (χ1v) is 8.92. The van der Waals surface area contributed by atoms with Crippen molar-refractivity contribution in [3.8, 4) is 10.7 Å². The number of aromatic nitrogens is 2. The first-order chi connectivity index (χ1) is 11.1. The standard InChI is InChI=1S/C16H22N4O2S/c1-11-12(2)20(9-8-17-11)15(21)7-3-6-14-18-16(19-22-14)13-5-4-10-23-13/h4-5,10-12,17H,3,6-9H2,1-2H3. The van der Waals surface area contributed by atoms with Crippen LogP contribution < -0.4 is 5.32 Å². The van der Waals surface area contributed by atoms with Crippen molar-refractivity contribution in [2.45, 2.75) is 45.2 Å². The summed E-state index contributed by atoms with van der Waals surface area (Å²) in [6, 6.07) is 4.52. The number of hydrogen-bond donors (Lipinski definition) is 1. The van der Waals surface area contributed by atoms with Gasteiger partial charge in [0, 0.05) is 38.0 Å². The lowest BCUT2D eigenvalue weighted by Crippen LogP contribution is -2.57. The number of carbonyl (C=O) groups excluding carboxylic acids is 1. The number of piperazine rings is 1. The summed E-state index contributed by atoms with van der Waals surface area (Å²) < 4.78 is 5.26. The SMILES string of the molecule is CC1NCCN(C(=O)CCCc2nc(-c3cccs3)no2)C1C. The van der Waals surface area contributed by atoms with Crippen LogP contribution >= 0.6 is 11.3 Å². The Hall–Kier alpha value is -1.73. The highest BCUT2D eigenvalue weighted by Gasteiger charge is 2.27. The van der Waals surface area contributed by atoms with Gasteiger partial charge in [-0.1, -0.05) is 11.2 Å². The molecule has 0 saturated carbocycles. The fourth-order valence-electron chi connectivity index (χ4n) is 2.81. The summed E-state index contributed by atoms with van der Waals surface area (Å²) in [5.74, 6) is 1.44. The van der Waals surface area contributed by atoms with Gasteiger partial charge in [-0.05, 0) is 31.7 Å². The van der Waals surface area contributed by atoms with Crippen molar-refractivity contribution in [1.82, 2.24) is 20.4 Å². The zero-order chi connectivity index (χ0) is 16.2. The molecule has 23 heavy (non-hydrogen) atoms. The van der Waals surface area contributed by atoms with Crippen molar-refractivity contribution in [1.29, 1.82) is 0 Å². The highest BCUT2D eigenvalue weighted by atomic mass is 32.1. The van der Waals surface area contributed by atoms with Gasteiger partial charge in [0.15, 0.2) is 0 Å². The Labute approximate surface area is 139 Å². The Morgan fingerprint density at radius 2 is 2.39 bits per heavy atom. The average molecular weight is 334 g/mol. The van der Waals surface area contributed by atoms with E-state index in [1.54, 1.807) is 11.3 Å². The maximum atomic E-state index is 12.4. The third-order valence-electron chi connectivity index (χ3n) is 4.35. The van der Waals surface area contributed by atoms with Gasteiger partial charge in [0.25, 0.3) is 0 Å². The molecule has 1 aliphatic rings. The predicted molar refractivity (Wildman–Crippen MR) is 89.2 cm³/mol. The number of aryl methyl sites for hydroxylation is 1. The smallest absolute Gasteiger partial charge is 0.226 e. The molecule has 1 aliphatic heterocycles. The molecule has 0 radical (unpaired) electrons. The molecule has 0 spiro atoms. The molecule has 0 bridgehead atoms. The number of nitrogens with zero attached hydrogens (tertiary/aromatic N) is 3. The summed E-state index contributed by atoms with van der Waals surface area (Å²) in [6.45, 7) is 5.87. The van der Waals surface area contributed by atoms with Crippen LogP contribution in [0.15, 0.2) is 22.0 Å². The summed E-state index contributed by atoms with van der Waals surface area (Å²) in [5.41, 5.74) is 0.